The van der Waals surface area contributed by atoms with Gasteiger partial charge in [-0.2, -0.15) is 0 Å². The van der Waals surface area contributed by atoms with E-state index < -0.39 is 13.0 Å². The van der Waals surface area contributed by atoms with Gasteiger partial charge in [0.15, 0.2) is 0 Å². The summed E-state index contributed by atoms with van der Waals surface area (Å²) in [6.45, 7) is 0. The Morgan fingerprint density at radius 1 is 1.12 bits per heavy atom. The Bertz CT molecular complexity index is 134. The van der Waals surface area contributed by atoms with Crippen LogP contribution in [0, 0.1) is 0 Å². The predicted octanol–water partition coefficient (Wildman–Crippen LogP) is -4.34. The molecule has 0 aliphatic rings. The maximum atomic E-state index is 8.58. The summed E-state index contributed by atoms with van der Waals surface area (Å²) < 4.78 is 34.3. The molecule has 6 nitrogen and oxygen atoms in total. The van der Waals surface area contributed by atoms with E-state index in [1.807, 2.05) is 0 Å². The third-order valence-electron chi connectivity index (χ3n) is 0. The second-order valence-corrected chi connectivity index (χ2v) is 1.56. The van der Waals surface area contributed by atoms with Crippen LogP contribution in [-0.4, -0.2) is 5.48 Å². The maximum absolute atomic E-state index is 8.58. The fourth-order valence-electron chi connectivity index (χ4n) is 0. The van der Waals surface area contributed by atoms with E-state index in [2.05, 4.69) is 0 Å². The van der Waals surface area contributed by atoms with Crippen LogP contribution in [-0.2, 0) is 24.5 Å². The molecule has 5 N–H and O–H groups in total. The molecule has 0 fully saturated rings. The Labute approximate surface area is 90.1 Å². The zero-order valence-electron chi connectivity index (χ0n) is 4.46. The standard InChI is InChI=1S/K.Mn.H3N.H2O.4O/h;;1H3;1H2;;;;/q+1;;;;;;;-1. The van der Waals surface area contributed by atoms with Gasteiger partial charge >= 0.3 is 80.0 Å². The molecular weight excluding hydrogens is 188 g/mol. The van der Waals surface area contributed by atoms with Crippen LogP contribution in [0.4, 0.5) is 0 Å². The Kier molecular flexibility index (Phi) is 24.0. The van der Waals surface area contributed by atoms with E-state index in [-0.39, 0.29) is 63.0 Å². The first-order chi connectivity index (χ1) is 2.00. The Balaban J connectivity index is -0.0000000267. The molecule has 0 aliphatic carbocycles. The van der Waals surface area contributed by atoms with Crippen LogP contribution in [0.15, 0.2) is 0 Å². The topological polar surface area (TPSA) is 141 Å². The summed E-state index contributed by atoms with van der Waals surface area (Å²) in [7, 11) is 0. The second kappa shape index (κ2) is 8.44. The molecule has 0 radical (unpaired) electrons. The first-order valence-corrected chi connectivity index (χ1v) is 2.54. The Morgan fingerprint density at radius 3 is 1.12 bits per heavy atom. The fourth-order valence-corrected chi connectivity index (χ4v) is 0. The molecule has 0 amide bonds. The number of hydrogen-bond acceptors (Lipinski definition) is 5. The van der Waals surface area contributed by atoms with Crippen molar-refractivity contribution in [1.29, 1.82) is 0 Å². The normalized spacial score (nSPS) is 7.12. The van der Waals surface area contributed by atoms with Gasteiger partial charge in [-0.3, -0.25) is 0 Å². The SMILES string of the molecule is [K+].[NH4+].[OH-].[O]=[Mn](=[O])(=[O])[O-]. The molecule has 0 aromatic rings. The summed E-state index contributed by atoms with van der Waals surface area (Å²) in [6, 6.07) is 0. The van der Waals surface area contributed by atoms with Crippen molar-refractivity contribution in [2.24, 2.45) is 0 Å². The molecule has 8 heavy (non-hydrogen) atoms. The molecule has 0 saturated carbocycles. The van der Waals surface area contributed by atoms with Crippen molar-refractivity contribution in [3.63, 3.8) is 0 Å². The third kappa shape index (κ3) is 149. The molecule has 0 unspecified atom stereocenters. The molecule has 0 heterocycles. The minimum absolute atomic E-state index is 0. The summed E-state index contributed by atoms with van der Waals surface area (Å²) in [5.74, 6) is 0. The van der Waals surface area contributed by atoms with Crippen LogP contribution < -0.4 is 61.7 Å². The van der Waals surface area contributed by atoms with E-state index in [1.165, 1.54) is 0 Å². The van der Waals surface area contributed by atoms with Gasteiger partial charge in [0.05, 0.1) is 0 Å². The van der Waals surface area contributed by atoms with Gasteiger partial charge in [0, 0.05) is 0 Å². The van der Waals surface area contributed by atoms with E-state index in [0.29, 0.717) is 0 Å². The van der Waals surface area contributed by atoms with Crippen molar-refractivity contribution >= 4 is 0 Å². The average molecular weight is 193 g/mol. The summed E-state index contributed by atoms with van der Waals surface area (Å²) in [6.07, 6.45) is 0. The van der Waals surface area contributed by atoms with Crippen molar-refractivity contribution in [2.45, 2.75) is 0 Å². The van der Waals surface area contributed by atoms with Crippen LogP contribution in [0.1, 0.15) is 0 Å². The van der Waals surface area contributed by atoms with Crippen molar-refractivity contribution in [3.8, 4) is 0 Å². The van der Waals surface area contributed by atoms with E-state index >= 15 is 0 Å². The summed E-state index contributed by atoms with van der Waals surface area (Å²) >= 11 is -5.62. The Morgan fingerprint density at radius 2 is 1.12 bits per heavy atom. The number of hydrogen-bond donors (Lipinski definition) is 1. The first-order valence-electron chi connectivity index (χ1n) is 0.617. The van der Waals surface area contributed by atoms with Crippen molar-refractivity contribution < 1.29 is 85.5 Å². The average Bonchev–Trinajstić information content (AvgIpc) is 0.722. The van der Waals surface area contributed by atoms with Crippen molar-refractivity contribution in [1.82, 2.24) is 6.15 Å². The van der Waals surface area contributed by atoms with Crippen LogP contribution in [0.2, 0.25) is 0 Å². The van der Waals surface area contributed by atoms with Crippen LogP contribution >= 0.6 is 0 Å². The number of rotatable bonds is 0. The van der Waals surface area contributed by atoms with E-state index in [4.69, 9.17) is 15.7 Å². The van der Waals surface area contributed by atoms with Crippen LogP contribution in [0.3, 0.4) is 0 Å². The van der Waals surface area contributed by atoms with Gasteiger partial charge in [0.2, 0.25) is 0 Å². The third-order valence-corrected chi connectivity index (χ3v) is 0. The molecule has 0 aliphatic heterocycles. The van der Waals surface area contributed by atoms with Gasteiger partial charge in [-0.05, 0) is 0 Å². The van der Waals surface area contributed by atoms with Crippen molar-refractivity contribution in [2.75, 3.05) is 0 Å². The van der Waals surface area contributed by atoms with Crippen molar-refractivity contribution in [3.05, 3.63) is 0 Å². The molecule has 0 spiro atoms. The van der Waals surface area contributed by atoms with E-state index in [1.54, 1.807) is 0 Å². The molecule has 48 valence electrons. The summed E-state index contributed by atoms with van der Waals surface area (Å²) in [4.78, 5) is 0. The molecule has 0 bridgehead atoms. The van der Waals surface area contributed by atoms with Gasteiger partial charge in [-0.1, -0.05) is 0 Å². The molecule has 0 atom stereocenters. The predicted molar refractivity (Wildman–Crippen MR) is 9.98 cm³/mol. The van der Waals surface area contributed by atoms with E-state index in [9.17, 15) is 0 Å². The van der Waals surface area contributed by atoms with E-state index in [0.717, 1.165) is 0 Å². The molecule has 0 aromatic heterocycles. The first kappa shape index (κ1) is 22.7. The zero-order valence-corrected chi connectivity index (χ0v) is 8.76. The molecule has 0 rings (SSSR count). The van der Waals surface area contributed by atoms with Gasteiger partial charge in [0.25, 0.3) is 0 Å². The molecule has 0 saturated heterocycles. The summed E-state index contributed by atoms with van der Waals surface area (Å²) in [5, 5.41) is 0. The fraction of sp³-hybridized carbons (Fsp3) is 0. The monoisotopic (exact) mass is 193 g/mol. The number of quaternary nitrogens is 1. The van der Waals surface area contributed by atoms with Crippen LogP contribution in [0.5, 0.6) is 0 Å². The van der Waals surface area contributed by atoms with Gasteiger partial charge in [0.1, 0.15) is 0 Å². The summed E-state index contributed by atoms with van der Waals surface area (Å²) in [5.41, 5.74) is 0. The van der Waals surface area contributed by atoms with Gasteiger partial charge in [-0.15, -0.1) is 0 Å². The van der Waals surface area contributed by atoms with Gasteiger partial charge in [-0.25, -0.2) is 0 Å². The Hall–Kier alpha value is 1.44. The molecule has 0 aromatic carbocycles. The van der Waals surface area contributed by atoms with Crippen LogP contribution in [0.25, 0.3) is 0 Å². The zero-order chi connectivity index (χ0) is 4.50. The minimum atomic E-state index is -5.62. The van der Waals surface area contributed by atoms with Gasteiger partial charge < -0.3 is 11.6 Å². The molecule has 8 heteroatoms. The quantitative estimate of drug-likeness (QED) is 0.387. The molecular formula is H5KMnNO5. The second-order valence-electron chi connectivity index (χ2n) is 0.378.